The van der Waals surface area contributed by atoms with Gasteiger partial charge in [-0.15, -0.1) is 0 Å². The van der Waals surface area contributed by atoms with Gasteiger partial charge in [0.2, 0.25) is 0 Å². The molecule has 0 aliphatic rings. The smallest absolute Gasteiger partial charge is 0.335 e. The van der Waals surface area contributed by atoms with Crippen LogP contribution in [0.2, 0.25) is 0 Å². The average molecular weight is 359 g/mol. The topological polar surface area (TPSA) is 46.5 Å². The molecule has 0 fully saturated rings. The van der Waals surface area contributed by atoms with Crippen LogP contribution in [0.3, 0.4) is 0 Å². The van der Waals surface area contributed by atoms with Gasteiger partial charge < -0.3 is 9.84 Å². The van der Waals surface area contributed by atoms with Crippen molar-refractivity contribution in [3.05, 3.63) is 53.1 Å². The van der Waals surface area contributed by atoms with Gasteiger partial charge in [0.05, 0.1) is 12.2 Å². The Morgan fingerprint density at radius 1 is 1.08 bits per heavy atom. The van der Waals surface area contributed by atoms with E-state index in [1.807, 2.05) is 0 Å². The monoisotopic (exact) mass is 358 g/mol. The van der Waals surface area contributed by atoms with Gasteiger partial charge in [0.25, 0.3) is 0 Å². The van der Waals surface area contributed by atoms with Crippen LogP contribution in [0.4, 0.5) is 0 Å². The standard InChI is InChI=1S/C23H34O3/c1-18(2)8-5-9-19(3)10-6-11-20(4)12-7-17-26-22-15-13-21(14-16-22)23(24)25/h8,10,13-16,20H,5-7,9,11-12,17H2,1-4H3,(H,24,25)/b19-10+. The van der Waals surface area contributed by atoms with Crippen LogP contribution in [0, 0.1) is 5.92 Å². The van der Waals surface area contributed by atoms with E-state index in [2.05, 4.69) is 39.8 Å². The molecule has 0 saturated carbocycles. The third-order valence-corrected chi connectivity index (χ3v) is 4.45. The van der Waals surface area contributed by atoms with Crippen molar-refractivity contribution in [3.8, 4) is 5.75 Å². The number of hydrogen-bond acceptors (Lipinski definition) is 2. The SMILES string of the molecule is CC(C)=CCC/C(C)=C/CCC(C)CCCOc1ccc(C(=O)O)cc1. The van der Waals surface area contributed by atoms with Crippen molar-refractivity contribution >= 4 is 5.97 Å². The first-order chi connectivity index (χ1) is 12.4. The minimum atomic E-state index is -0.911. The quantitative estimate of drug-likeness (QED) is 0.336. The predicted molar refractivity (Wildman–Crippen MR) is 109 cm³/mol. The third-order valence-electron chi connectivity index (χ3n) is 4.45. The van der Waals surface area contributed by atoms with Crippen LogP contribution >= 0.6 is 0 Å². The highest BCUT2D eigenvalue weighted by molar-refractivity contribution is 5.87. The molecule has 0 bridgehead atoms. The van der Waals surface area contributed by atoms with Gasteiger partial charge >= 0.3 is 5.97 Å². The summed E-state index contributed by atoms with van der Waals surface area (Å²) in [6, 6.07) is 6.59. The van der Waals surface area contributed by atoms with Gasteiger partial charge in [-0.05, 0) is 89.5 Å². The van der Waals surface area contributed by atoms with Crippen LogP contribution in [-0.4, -0.2) is 17.7 Å². The Hall–Kier alpha value is -2.03. The highest BCUT2D eigenvalue weighted by atomic mass is 16.5. The largest absolute Gasteiger partial charge is 0.494 e. The van der Waals surface area contributed by atoms with E-state index in [0.29, 0.717) is 12.5 Å². The van der Waals surface area contributed by atoms with Crippen LogP contribution in [0.15, 0.2) is 47.6 Å². The second-order valence-electron chi connectivity index (χ2n) is 7.37. The van der Waals surface area contributed by atoms with Crippen molar-refractivity contribution in [2.75, 3.05) is 6.61 Å². The Balaban J connectivity index is 2.15. The summed E-state index contributed by atoms with van der Waals surface area (Å²) in [6.07, 6.45) is 11.5. The van der Waals surface area contributed by atoms with E-state index >= 15 is 0 Å². The molecule has 0 heterocycles. The number of benzene rings is 1. The zero-order chi connectivity index (χ0) is 19.4. The number of carboxylic acid groups (broad SMARTS) is 1. The van der Waals surface area contributed by atoms with Crippen molar-refractivity contribution in [1.29, 1.82) is 0 Å². The van der Waals surface area contributed by atoms with Crippen molar-refractivity contribution in [2.45, 2.75) is 66.2 Å². The normalized spacial score (nSPS) is 12.5. The highest BCUT2D eigenvalue weighted by Gasteiger charge is 2.04. The van der Waals surface area contributed by atoms with Crippen LogP contribution in [0.25, 0.3) is 0 Å². The van der Waals surface area contributed by atoms with E-state index in [4.69, 9.17) is 9.84 Å². The number of hydrogen-bond donors (Lipinski definition) is 1. The number of aromatic carboxylic acids is 1. The van der Waals surface area contributed by atoms with Gasteiger partial charge in [-0.3, -0.25) is 0 Å². The van der Waals surface area contributed by atoms with E-state index < -0.39 is 5.97 Å². The molecule has 1 aromatic rings. The minimum absolute atomic E-state index is 0.287. The lowest BCUT2D eigenvalue weighted by atomic mass is 9.98. The Labute approximate surface area is 158 Å². The summed E-state index contributed by atoms with van der Waals surface area (Å²) in [5, 5.41) is 8.87. The fourth-order valence-corrected chi connectivity index (χ4v) is 2.76. The third kappa shape index (κ3) is 10.1. The van der Waals surface area contributed by atoms with Crippen LogP contribution in [0.5, 0.6) is 5.75 Å². The molecule has 0 radical (unpaired) electrons. The number of carbonyl (C=O) groups is 1. The van der Waals surface area contributed by atoms with E-state index in [1.54, 1.807) is 24.3 Å². The molecule has 26 heavy (non-hydrogen) atoms. The summed E-state index contributed by atoms with van der Waals surface area (Å²) >= 11 is 0. The molecule has 3 nitrogen and oxygen atoms in total. The molecule has 0 saturated heterocycles. The highest BCUT2D eigenvalue weighted by Crippen LogP contribution is 2.17. The van der Waals surface area contributed by atoms with Crippen molar-refractivity contribution in [2.24, 2.45) is 5.92 Å². The van der Waals surface area contributed by atoms with Gasteiger partial charge in [-0.25, -0.2) is 4.79 Å². The fraction of sp³-hybridized carbons (Fsp3) is 0.522. The molecule has 0 aromatic heterocycles. The van der Waals surface area contributed by atoms with Crippen LogP contribution < -0.4 is 4.74 Å². The van der Waals surface area contributed by atoms with Gasteiger partial charge in [0.1, 0.15) is 5.75 Å². The Morgan fingerprint density at radius 2 is 1.77 bits per heavy atom. The number of allylic oxidation sites excluding steroid dienone is 4. The van der Waals surface area contributed by atoms with E-state index in [1.165, 1.54) is 17.6 Å². The molecule has 1 aromatic carbocycles. The summed E-state index contributed by atoms with van der Waals surface area (Å²) in [6.45, 7) is 9.50. The summed E-state index contributed by atoms with van der Waals surface area (Å²) in [5.41, 5.74) is 3.17. The first-order valence-electron chi connectivity index (χ1n) is 9.63. The minimum Gasteiger partial charge on any atom is -0.494 e. The van der Waals surface area contributed by atoms with Gasteiger partial charge in [0, 0.05) is 0 Å². The molecular weight excluding hydrogens is 324 g/mol. The van der Waals surface area contributed by atoms with Gasteiger partial charge in [0.15, 0.2) is 0 Å². The molecule has 3 heteroatoms. The zero-order valence-electron chi connectivity index (χ0n) is 16.8. The first-order valence-corrected chi connectivity index (χ1v) is 9.63. The molecule has 1 atom stereocenters. The molecule has 0 aliphatic heterocycles. The Kier molecular flexibility index (Phi) is 10.5. The molecule has 0 aliphatic carbocycles. The van der Waals surface area contributed by atoms with Crippen LogP contribution in [0.1, 0.15) is 76.6 Å². The molecule has 0 amide bonds. The zero-order valence-corrected chi connectivity index (χ0v) is 16.8. The van der Waals surface area contributed by atoms with E-state index in [0.717, 1.165) is 37.9 Å². The van der Waals surface area contributed by atoms with Crippen molar-refractivity contribution in [1.82, 2.24) is 0 Å². The summed E-state index contributed by atoms with van der Waals surface area (Å²) < 4.78 is 5.69. The van der Waals surface area contributed by atoms with E-state index in [9.17, 15) is 4.79 Å². The van der Waals surface area contributed by atoms with E-state index in [-0.39, 0.29) is 5.56 Å². The molecule has 1 unspecified atom stereocenters. The maximum atomic E-state index is 10.8. The van der Waals surface area contributed by atoms with Crippen LogP contribution in [-0.2, 0) is 0 Å². The predicted octanol–water partition coefficient (Wildman–Crippen LogP) is 6.65. The van der Waals surface area contributed by atoms with Crippen molar-refractivity contribution in [3.63, 3.8) is 0 Å². The number of rotatable bonds is 12. The molecule has 0 spiro atoms. The fourth-order valence-electron chi connectivity index (χ4n) is 2.76. The molecule has 144 valence electrons. The summed E-state index contributed by atoms with van der Waals surface area (Å²) in [7, 11) is 0. The maximum absolute atomic E-state index is 10.8. The lowest BCUT2D eigenvalue weighted by molar-refractivity contribution is 0.0697. The average Bonchev–Trinajstić information content (AvgIpc) is 2.59. The summed E-state index contributed by atoms with van der Waals surface area (Å²) in [5.74, 6) is 0.513. The van der Waals surface area contributed by atoms with Gasteiger partial charge in [-0.1, -0.05) is 30.2 Å². The summed E-state index contributed by atoms with van der Waals surface area (Å²) in [4.78, 5) is 10.8. The second-order valence-corrected chi connectivity index (χ2v) is 7.37. The molecular formula is C23H34O3. The lowest BCUT2D eigenvalue weighted by Crippen LogP contribution is -2.02. The lowest BCUT2D eigenvalue weighted by Gasteiger charge is -2.11. The maximum Gasteiger partial charge on any atom is 0.335 e. The number of ether oxygens (including phenoxy) is 1. The van der Waals surface area contributed by atoms with Crippen molar-refractivity contribution < 1.29 is 14.6 Å². The Bertz CT molecular complexity index is 592. The number of carboxylic acids is 1. The van der Waals surface area contributed by atoms with Gasteiger partial charge in [-0.2, -0.15) is 0 Å². The Morgan fingerprint density at radius 3 is 2.38 bits per heavy atom. The second kappa shape index (κ2) is 12.3. The molecule has 1 rings (SSSR count). The molecule has 1 N–H and O–H groups in total. The first kappa shape index (κ1) is 22.0.